The first-order chi connectivity index (χ1) is 12.9. The van der Waals surface area contributed by atoms with Gasteiger partial charge in [0.15, 0.2) is 6.61 Å². The molecule has 1 aliphatic carbocycles. The molecule has 3 rings (SSSR count). The van der Waals surface area contributed by atoms with E-state index < -0.39 is 11.7 Å². The van der Waals surface area contributed by atoms with Gasteiger partial charge in [0.2, 0.25) is 0 Å². The van der Waals surface area contributed by atoms with Gasteiger partial charge in [-0.15, -0.1) is 0 Å². The largest absolute Gasteiger partial charge is 0.497 e. The first-order valence-electron chi connectivity index (χ1n) is 8.63. The Balaban J connectivity index is 1.61. The van der Waals surface area contributed by atoms with Gasteiger partial charge in [0, 0.05) is 0 Å². The van der Waals surface area contributed by atoms with Gasteiger partial charge in [0.1, 0.15) is 11.5 Å². The number of halogens is 3. The summed E-state index contributed by atoms with van der Waals surface area (Å²) < 4.78 is 48.6. The number of benzene rings is 2. The number of fused-ring (bicyclic) bond motifs is 1. The highest BCUT2D eigenvalue weighted by molar-refractivity contribution is 5.78. The van der Waals surface area contributed by atoms with Crippen LogP contribution in [0.5, 0.6) is 11.5 Å². The zero-order valence-electron chi connectivity index (χ0n) is 14.8. The van der Waals surface area contributed by atoms with E-state index in [1.807, 2.05) is 18.2 Å². The fourth-order valence-electron chi connectivity index (χ4n) is 3.21. The molecular weight excluding hydrogens is 359 g/mol. The number of rotatable bonds is 5. The van der Waals surface area contributed by atoms with E-state index in [2.05, 4.69) is 5.32 Å². The molecule has 2 aromatic carbocycles. The van der Waals surface area contributed by atoms with Crippen LogP contribution >= 0.6 is 0 Å². The Morgan fingerprint density at radius 3 is 2.74 bits per heavy atom. The Hall–Kier alpha value is -2.70. The van der Waals surface area contributed by atoms with Crippen molar-refractivity contribution in [2.75, 3.05) is 13.7 Å². The molecule has 144 valence electrons. The van der Waals surface area contributed by atoms with Crippen LogP contribution in [-0.4, -0.2) is 19.6 Å². The number of ether oxygens (including phenoxy) is 2. The predicted octanol–water partition coefficient (Wildman–Crippen LogP) is 4.29. The number of hydrogen-bond donors (Lipinski definition) is 1. The summed E-state index contributed by atoms with van der Waals surface area (Å²) in [6.07, 6.45) is -1.80. The Morgan fingerprint density at radius 1 is 1.19 bits per heavy atom. The molecule has 0 fully saturated rings. The van der Waals surface area contributed by atoms with Crippen molar-refractivity contribution >= 4 is 5.91 Å². The van der Waals surface area contributed by atoms with Gasteiger partial charge in [-0.2, -0.15) is 13.2 Å². The van der Waals surface area contributed by atoms with E-state index in [1.165, 1.54) is 12.1 Å². The zero-order valence-corrected chi connectivity index (χ0v) is 14.8. The van der Waals surface area contributed by atoms with Gasteiger partial charge in [-0.1, -0.05) is 12.1 Å². The van der Waals surface area contributed by atoms with Crippen LogP contribution in [-0.2, 0) is 17.4 Å². The molecule has 0 aromatic heterocycles. The average Bonchev–Trinajstić information content (AvgIpc) is 2.65. The van der Waals surface area contributed by atoms with E-state index in [4.69, 9.17) is 9.47 Å². The van der Waals surface area contributed by atoms with E-state index in [9.17, 15) is 18.0 Å². The lowest BCUT2D eigenvalue weighted by molar-refractivity contribution is -0.137. The normalized spacial score (nSPS) is 16.4. The SMILES string of the molecule is COc1ccc2c(c1)CCCC2NC(=O)COc1cccc(C(F)(F)F)c1. The van der Waals surface area contributed by atoms with Crippen LogP contribution in [0.4, 0.5) is 13.2 Å². The highest BCUT2D eigenvalue weighted by atomic mass is 19.4. The second kappa shape index (κ2) is 7.90. The molecule has 0 saturated heterocycles. The number of nitrogens with one attached hydrogen (secondary N) is 1. The molecule has 0 bridgehead atoms. The van der Waals surface area contributed by atoms with Gasteiger partial charge in [-0.05, 0) is 60.7 Å². The molecular formula is C20H20F3NO3. The van der Waals surface area contributed by atoms with Gasteiger partial charge in [0.05, 0.1) is 18.7 Å². The summed E-state index contributed by atoms with van der Waals surface area (Å²) in [4.78, 5) is 12.2. The smallest absolute Gasteiger partial charge is 0.416 e. The molecule has 1 amide bonds. The maximum atomic E-state index is 12.7. The number of aryl methyl sites for hydroxylation is 1. The first kappa shape index (κ1) is 19.1. The molecule has 0 saturated carbocycles. The predicted molar refractivity (Wildman–Crippen MR) is 93.8 cm³/mol. The summed E-state index contributed by atoms with van der Waals surface area (Å²) >= 11 is 0. The van der Waals surface area contributed by atoms with Crippen molar-refractivity contribution in [2.45, 2.75) is 31.5 Å². The van der Waals surface area contributed by atoms with Crippen molar-refractivity contribution in [2.24, 2.45) is 0 Å². The number of carbonyl (C=O) groups excluding carboxylic acids is 1. The van der Waals surface area contributed by atoms with E-state index in [1.54, 1.807) is 7.11 Å². The molecule has 2 aromatic rings. The molecule has 1 aliphatic rings. The summed E-state index contributed by atoms with van der Waals surface area (Å²) in [5.41, 5.74) is 1.36. The van der Waals surface area contributed by atoms with Crippen LogP contribution in [0.2, 0.25) is 0 Å². The third-order valence-corrected chi connectivity index (χ3v) is 4.53. The standard InChI is InChI=1S/C20H20F3NO3/c1-26-15-8-9-17-13(10-15)4-2-7-18(17)24-19(25)12-27-16-6-3-5-14(11-16)20(21,22)23/h3,5-6,8-11,18H,2,4,7,12H2,1H3,(H,24,25). The molecule has 4 nitrogen and oxygen atoms in total. The van der Waals surface area contributed by atoms with Gasteiger partial charge >= 0.3 is 6.18 Å². The summed E-state index contributed by atoms with van der Waals surface area (Å²) in [5, 5.41) is 2.90. The molecule has 0 radical (unpaired) electrons. The lowest BCUT2D eigenvalue weighted by Gasteiger charge is -2.26. The van der Waals surface area contributed by atoms with Crippen LogP contribution in [0.3, 0.4) is 0 Å². The fraction of sp³-hybridized carbons (Fsp3) is 0.350. The van der Waals surface area contributed by atoms with Gasteiger partial charge in [0.25, 0.3) is 5.91 Å². The molecule has 7 heteroatoms. The van der Waals surface area contributed by atoms with Crippen molar-refractivity contribution < 1.29 is 27.4 Å². The Kier molecular flexibility index (Phi) is 5.58. The minimum absolute atomic E-state index is 0.00811. The number of carbonyl (C=O) groups is 1. The third-order valence-electron chi connectivity index (χ3n) is 4.53. The second-order valence-corrected chi connectivity index (χ2v) is 6.39. The maximum absolute atomic E-state index is 12.7. The highest BCUT2D eigenvalue weighted by Gasteiger charge is 2.30. The lowest BCUT2D eigenvalue weighted by atomic mass is 9.87. The van der Waals surface area contributed by atoms with Crippen molar-refractivity contribution in [1.29, 1.82) is 0 Å². The van der Waals surface area contributed by atoms with Crippen molar-refractivity contribution in [3.05, 3.63) is 59.2 Å². The van der Waals surface area contributed by atoms with Crippen LogP contribution in [0.15, 0.2) is 42.5 Å². The number of amides is 1. The van der Waals surface area contributed by atoms with Crippen LogP contribution in [0.25, 0.3) is 0 Å². The third kappa shape index (κ3) is 4.72. The molecule has 0 aliphatic heterocycles. The fourth-order valence-corrected chi connectivity index (χ4v) is 3.21. The highest BCUT2D eigenvalue weighted by Crippen LogP contribution is 2.33. The summed E-state index contributed by atoms with van der Waals surface area (Å²) in [5.74, 6) is 0.406. The molecule has 1 atom stereocenters. The zero-order chi connectivity index (χ0) is 19.4. The van der Waals surface area contributed by atoms with Gasteiger partial charge in [-0.25, -0.2) is 0 Å². The Labute approximate surface area is 155 Å². The van der Waals surface area contributed by atoms with E-state index >= 15 is 0 Å². The van der Waals surface area contributed by atoms with E-state index in [-0.39, 0.29) is 24.3 Å². The first-order valence-corrected chi connectivity index (χ1v) is 8.63. The number of hydrogen-bond acceptors (Lipinski definition) is 3. The van der Waals surface area contributed by atoms with Crippen LogP contribution in [0, 0.1) is 0 Å². The molecule has 0 heterocycles. The quantitative estimate of drug-likeness (QED) is 0.843. The Morgan fingerprint density at radius 2 is 2.00 bits per heavy atom. The second-order valence-electron chi connectivity index (χ2n) is 6.39. The van der Waals surface area contributed by atoms with Crippen LogP contribution < -0.4 is 14.8 Å². The summed E-state index contributed by atoms with van der Waals surface area (Å²) in [6, 6.07) is 10.1. The summed E-state index contributed by atoms with van der Waals surface area (Å²) in [6.45, 7) is -0.344. The van der Waals surface area contributed by atoms with Crippen LogP contribution in [0.1, 0.15) is 35.6 Å². The Bertz CT molecular complexity index is 820. The van der Waals surface area contributed by atoms with E-state index in [0.29, 0.717) is 0 Å². The molecule has 1 unspecified atom stereocenters. The van der Waals surface area contributed by atoms with Crippen molar-refractivity contribution in [3.8, 4) is 11.5 Å². The minimum Gasteiger partial charge on any atom is -0.497 e. The van der Waals surface area contributed by atoms with Crippen molar-refractivity contribution in [1.82, 2.24) is 5.32 Å². The van der Waals surface area contributed by atoms with Gasteiger partial charge in [-0.3, -0.25) is 4.79 Å². The van der Waals surface area contributed by atoms with Crippen molar-refractivity contribution in [3.63, 3.8) is 0 Å². The average molecular weight is 379 g/mol. The molecule has 27 heavy (non-hydrogen) atoms. The number of alkyl halides is 3. The maximum Gasteiger partial charge on any atom is 0.416 e. The molecule has 1 N–H and O–H groups in total. The van der Waals surface area contributed by atoms with E-state index in [0.717, 1.165) is 48.3 Å². The topological polar surface area (TPSA) is 47.6 Å². The molecule has 0 spiro atoms. The summed E-state index contributed by atoms with van der Waals surface area (Å²) in [7, 11) is 1.61. The van der Waals surface area contributed by atoms with Gasteiger partial charge < -0.3 is 14.8 Å². The minimum atomic E-state index is -4.45. The number of methoxy groups -OCH3 is 1. The monoisotopic (exact) mass is 379 g/mol. The lowest BCUT2D eigenvalue weighted by Crippen LogP contribution is -2.34.